The molecular formula is C11H17N3O2. The lowest BCUT2D eigenvalue weighted by Gasteiger charge is -2.24. The van der Waals surface area contributed by atoms with E-state index in [1.54, 1.807) is 0 Å². The maximum absolute atomic E-state index is 11.4. The van der Waals surface area contributed by atoms with Crippen LogP contribution in [0.3, 0.4) is 0 Å². The first-order chi connectivity index (χ1) is 7.74. The van der Waals surface area contributed by atoms with E-state index < -0.39 is 0 Å². The van der Waals surface area contributed by atoms with Gasteiger partial charge in [0.2, 0.25) is 0 Å². The predicted octanol–water partition coefficient (Wildman–Crippen LogP) is 0.293. The Kier molecular flexibility index (Phi) is 3.24. The monoisotopic (exact) mass is 223 g/mol. The summed E-state index contributed by atoms with van der Waals surface area (Å²) in [5, 5.41) is 9.24. The molecule has 2 rings (SSSR count). The number of aliphatic hydroxyl groups excluding tert-OH is 1. The van der Waals surface area contributed by atoms with Crippen LogP contribution in [0.1, 0.15) is 25.6 Å². The van der Waals surface area contributed by atoms with E-state index in [2.05, 4.69) is 9.97 Å². The molecule has 1 aliphatic heterocycles. The Bertz CT molecular complexity index is 416. The average molecular weight is 223 g/mol. The van der Waals surface area contributed by atoms with Crippen LogP contribution in [0.25, 0.3) is 0 Å². The zero-order valence-corrected chi connectivity index (χ0v) is 9.44. The first-order valence-corrected chi connectivity index (χ1v) is 5.72. The molecule has 5 heteroatoms. The molecule has 1 unspecified atom stereocenters. The number of rotatable bonds is 3. The Morgan fingerprint density at radius 1 is 1.69 bits per heavy atom. The summed E-state index contributed by atoms with van der Waals surface area (Å²) in [7, 11) is 0. The van der Waals surface area contributed by atoms with Crippen molar-refractivity contribution < 1.29 is 5.11 Å². The minimum absolute atomic E-state index is 0.110. The van der Waals surface area contributed by atoms with Crippen LogP contribution in [-0.2, 0) is 6.42 Å². The van der Waals surface area contributed by atoms with Crippen LogP contribution in [0, 0.1) is 0 Å². The first-order valence-electron chi connectivity index (χ1n) is 5.72. The van der Waals surface area contributed by atoms with Crippen molar-refractivity contribution >= 4 is 5.82 Å². The summed E-state index contributed by atoms with van der Waals surface area (Å²) in [6.07, 6.45) is 2.72. The molecule has 0 saturated carbocycles. The molecule has 1 saturated heterocycles. The van der Waals surface area contributed by atoms with Gasteiger partial charge in [-0.05, 0) is 12.8 Å². The number of nitrogens with zero attached hydrogens (tertiary/aromatic N) is 2. The summed E-state index contributed by atoms with van der Waals surface area (Å²) in [5.41, 5.74) is -0.120. The SMILES string of the molecule is CCc1nc(N2CCCC2CO)cc(=O)[nH]1. The molecule has 0 bridgehead atoms. The fourth-order valence-corrected chi connectivity index (χ4v) is 2.14. The van der Waals surface area contributed by atoms with E-state index in [1.807, 2.05) is 11.8 Å². The summed E-state index contributed by atoms with van der Waals surface area (Å²) in [5.74, 6) is 1.39. The third kappa shape index (κ3) is 2.09. The van der Waals surface area contributed by atoms with Gasteiger partial charge in [0.15, 0.2) is 0 Å². The zero-order chi connectivity index (χ0) is 11.5. The van der Waals surface area contributed by atoms with Crippen LogP contribution in [0.4, 0.5) is 5.82 Å². The maximum Gasteiger partial charge on any atom is 0.252 e. The van der Waals surface area contributed by atoms with Crippen molar-refractivity contribution in [2.45, 2.75) is 32.2 Å². The molecule has 1 aliphatic rings. The topological polar surface area (TPSA) is 69.2 Å². The van der Waals surface area contributed by atoms with Gasteiger partial charge in [-0.15, -0.1) is 0 Å². The molecule has 1 fully saturated rings. The number of aromatic nitrogens is 2. The smallest absolute Gasteiger partial charge is 0.252 e. The van der Waals surface area contributed by atoms with Gasteiger partial charge in [-0.2, -0.15) is 0 Å². The van der Waals surface area contributed by atoms with E-state index >= 15 is 0 Å². The lowest BCUT2D eigenvalue weighted by molar-refractivity contribution is 0.266. The molecule has 1 aromatic rings. The highest BCUT2D eigenvalue weighted by molar-refractivity contribution is 5.40. The van der Waals surface area contributed by atoms with Crippen LogP contribution >= 0.6 is 0 Å². The summed E-state index contributed by atoms with van der Waals surface area (Å²) < 4.78 is 0. The lowest BCUT2D eigenvalue weighted by atomic mass is 10.2. The second-order valence-corrected chi connectivity index (χ2v) is 4.08. The third-order valence-corrected chi connectivity index (χ3v) is 2.99. The van der Waals surface area contributed by atoms with Crippen molar-refractivity contribution in [1.29, 1.82) is 0 Å². The quantitative estimate of drug-likeness (QED) is 0.773. The molecule has 0 aliphatic carbocycles. The number of anilines is 1. The number of H-pyrrole nitrogens is 1. The summed E-state index contributed by atoms with van der Waals surface area (Å²) in [4.78, 5) is 20.5. The van der Waals surface area contributed by atoms with Gasteiger partial charge in [0.25, 0.3) is 5.56 Å². The van der Waals surface area contributed by atoms with Gasteiger partial charge in [0, 0.05) is 19.0 Å². The summed E-state index contributed by atoms with van der Waals surface area (Å²) in [6.45, 7) is 2.94. The van der Waals surface area contributed by atoms with E-state index in [4.69, 9.17) is 0 Å². The van der Waals surface area contributed by atoms with E-state index in [9.17, 15) is 9.90 Å². The van der Waals surface area contributed by atoms with Crippen molar-refractivity contribution in [3.8, 4) is 0 Å². The predicted molar refractivity (Wildman–Crippen MR) is 61.7 cm³/mol. The fourth-order valence-electron chi connectivity index (χ4n) is 2.14. The van der Waals surface area contributed by atoms with Gasteiger partial charge in [-0.3, -0.25) is 4.79 Å². The Morgan fingerprint density at radius 2 is 2.50 bits per heavy atom. The normalized spacial score (nSPS) is 20.4. The number of hydrogen-bond acceptors (Lipinski definition) is 4. The molecule has 2 heterocycles. The summed E-state index contributed by atoms with van der Waals surface area (Å²) >= 11 is 0. The van der Waals surface area contributed by atoms with Crippen molar-refractivity contribution in [3.05, 3.63) is 22.2 Å². The number of nitrogens with one attached hydrogen (secondary N) is 1. The van der Waals surface area contributed by atoms with Gasteiger partial charge in [-0.25, -0.2) is 4.98 Å². The molecule has 1 aromatic heterocycles. The standard InChI is InChI=1S/C11H17N3O2/c1-2-9-12-10(6-11(16)13-9)14-5-3-4-8(14)7-15/h6,8,15H,2-5,7H2,1H3,(H,12,13,16). The fraction of sp³-hybridized carbons (Fsp3) is 0.636. The van der Waals surface area contributed by atoms with Crippen LogP contribution in [0.15, 0.2) is 10.9 Å². The van der Waals surface area contributed by atoms with Crippen molar-refractivity contribution in [3.63, 3.8) is 0 Å². The molecule has 16 heavy (non-hydrogen) atoms. The minimum Gasteiger partial charge on any atom is -0.394 e. The number of aromatic amines is 1. The number of aryl methyl sites for hydroxylation is 1. The molecule has 0 amide bonds. The third-order valence-electron chi connectivity index (χ3n) is 2.99. The lowest BCUT2D eigenvalue weighted by Crippen LogP contribution is -2.34. The van der Waals surface area contributed by atoms with Crippen LogP contribution < -0.4 is 10.5 Å². The van der Waals surface area contributed by atoms with Gasteiger partial charge in [-0.1, -0.05) is 6.92 Å². The molecule has 0 radical (unpaired) electrons. The molecule has 2 N–H and O–H groups in total. The molecule has 1 atom stereocenters. The number of hydrogen-bond donors (Lipinski definition) is 2. The Balaban J connectivity index is 2.32. The highest BCUT2D eigenvalue weighted by atomic mass is 16.3. The van der Waals surface area contributed by atoms with Crippen molar-refractivity contribution in [2.75, 3.05) is 18.1 Å². The largest absolute Gasteiger partial charge is 0.394 e. The van der Waals surface area contributed by atoms with E-state index in [-0.39, 0.29) is 18.2 Å². The van der Waals surface area contributed by atoms with Gasteiger partial charge in [0.05, 0.1) is 12.6 Å². The van der Waals surface area contributed by atoms with Crippen LogP contribution in [0.2, 0.25) is 0 Å². The van der Waals surface area contributed by atoms with E-state index in [1.165, 1.54) is 6.07 Å². The zero-order valence-electron chi connectivity index (χ0n) is 9.44. The van der Waals surface area contributed by atoms with Crippen molar-refractivity contribution in [1.82, 2.24) is 9.97 Å². The van der Waals surface area contributed by atoms with Crippen LogP contribution in [-0.4, -0.2) is 34.3 Å². The van der Waals surface area contributed by atoms with Crippen LogP contribution in [0.5, 0.6) is 0 Å². The second-order valence-electron chi connectivity index (χ2n) is 4.08. The maximum atomic E-state index is 11.4. The Labute approximate surface area is 94.1 Å². The highest BCUT2D eigenvalue weighted by Gasteiger charge is 2.25. The second kappa shape index (κ2) is 4.65. The molecule has 0 spiro atoms. The molecule has 0 aromatic carbocycles. The Hall–Kier alpha value is -1.36. The molecule has 88 valence electrons. The average Bonchev–Trinajstić information content (AvgIpc) is 2.76. The first kappa shape index (κ1) is 11.1. The number of aliphatic hydroxyl groups is 1. The Morgan fingerprint density at radius 3 is 3.19 bits per heavy atom. The minimum atomic E-state index is -0.120. The highest BCUT2D eigenvalue weighted by Crippen LogP contribution is 2.22. The van der Waals surface area contributed by atoms with Gasteiger partial charge >= 0.3 is 0 Å². The van der Waals surface area contributed by atoms with E-state index in [0.29, 0.717) is 18.1 Å². The summed E-state index contributed by atoms with van der Waals surface area (Å²) in [6, 6.07) is 1.62. The molecular weight excluding hydrogens is 206 g/mol. The van der Waals surface area contributed by atoms with Gasteiger partial charge < -0.3 is 15.0 Å². The van der Waals surface area contributed by atoms with E-state index in [0.717, 1.165) is 19.4 Å². The van der Waals surface area contributed by atoms with Crippen molar-refractivity contribution in [2.24, 2.45) is 0 Å². The molecule has 5 nitrogen and oxygen atoms in total. The van der Waals surface area contributed by atoms with Gasteiger partial charge in [0.1, 0.15) is 11.6 Å².